The molecule has 0 saturated heterocycles. The molecule has 8 heteroatoms. The molecule has 0 bridgehead atoms. The molecule has 1 heterocycles. The van der Waals surface area contributed by atoms with Gasteiger partial charge in [-0.2, -0.15) is 0 Å². The van der Waals surface area contributed by atoms with Crippen molar-refractivity contribution in [3.8, 4) is 11.4 Å². The van der Waals surface area contributed by atoms with Crippen LogP contribution in [0.25, 0.3) is 5.69 Å². The van der Waals surface area contributed by atoms with Gasteiger partial charge in [-0.3, -0.25) is 0 Å². The van der Waals surface area contributed by atoms with Crippen LogP contribution in [0.15, 0.2) is 24.3 Å². The van der Waals surface area contributed by atoms with Gasteiger partial charge in [0, 0.05) is 0 Å². The Labute approximate surface area is 111 Å². The van der Waals surface area contributed by atoms with Crippen LogP contribution in [-0.2, 0) is 5.88 Å². The molecule has 2 aromatic rings. The van der Waals surface area contributed by atoms with E-state index in [2.05, 4.69) is 15.0 Å². The molecule has 4 nitrogen and oxygen atoms in total. The van der Waals surface area contributed by atoms with Gasteiger partial charge in [0.15, 0.2) is 0 Å². The number of rotatable bonds is 3. The fraction of sp³-hybridized carbons (Fsp3) is 0.273. The molecule has 0 saturated carbocycles. The van der Waals surface area contributed by atoms with Gasteiger partial charge in [-0.05, 0) is 31.2 Å². The topological polar surface area (TPSA) is 39.9 Å². The Hall–Kier alpha value is -1.76. The quantitative estimate of drug-likeness (QED) is 0.815. The predicted octanol–water partition coefficient (Wildman–Crippen LogP) is 3.21. The lowest BCUT2D eigenvalue weighted by Crippen LogP contribution is -2.17. The second kappa shape index (κ2) is 5.08. The van der Waals surface area contributed by atoms with Gasteiger partial charge in [-0.25, -0.2) is 4.68 Å². The summed E-state index contributed by atoms with van der Waals surface area (Å²) in [5.74, 6) is -0.0623. The van der Waals surface area contributed by atoms with Gasteiger partial charge in [-0.1, -0.05) is 5.21 Å². The lowest BCUT2D eigenvalue weighted by atomic mass is 10.3. The number of aromatic nitrogens is 3. The van der Waals surface area contributed by atoms with Crippen LogP contribution in [-0.4, -0.2) is 21.4 Å². The Bertz CT molecular complexity index is 566. The highest BCUT2D eigenvalue weighted by Gasteiger charge is 2.31. The third kappa shape index (κ3) is 3.17. The average Bonchev–Trinajstić information content (AvgIpc) is 2.69. The number of benzene rings is 1. The summed E-state index contributed by atoms with van der Waals surface area (Å²) in [6.07, 6.45) is -4.70. The molecular formula is C11H9ClF3N3O. The number of hydrogen-bond donors (Lipinski definition) is 0. The molecule has 0 atom stereocenters. The molecule has 0 aliphatic heterocycles. The summed E-state index contributed by atoms with van der Waals surface area (Å²) in [7, 11) is 0. The van der Waals surface area contributed by atoms with Crippen LogP contribution in [0.2, 0.25) is 0 Å². The monoisotopic (exact) mass is 291 g/mol. The molecule has 0 spiro atoms. The first-order valence-corrected chi connectivity index (χ1v) is 5.77. The molecule has 0 amide bonds. The maximum Gasteiger partial charge on any atom is 0.573 e. The number of ether oxygens (including phenoxy) is 1. The van der Waals surface area contributed by atoms with E-state index in [0.29, 0.717) is 11.4 Å². The standard InChI is InChI=1S/C11H9ClF3N3O/c1-7-10(6-12)16-17-18(7)8-2-4-9(5-3-8)19-11(13,14)15/h2-5H,6H2,1H3. The van der Waals surface area contributed by atoms with E-state index in [-0.39, 0.29) is 11.6 Å². The van der Waals surface area contributed by atoms with E-state index in [9.17, 15) is 13.2 Å². The first-order valence-electron chi connectivity index (χ1n) is 5.24. The minimum Gasteiger partial charge on any atom is -0.406 e. The number of alkyl halides is 4. The van der Waals surface area contributed by atoms with Gasteiger partial charge in [0.05, 0.1) is 17.3 Å². The highest BCUT2D eigenvalue weighted by molar-refractivity contribution is 6.16. The smallest absolute Gasteiger partial charge is 0.406 e. The minimum absolute atomic E-state index is 0.223. The van der Waals surface area contributed by atoms with Crippen LogP contribution in [0, 0.1) is 6.92 Å². The van der Waals surface area contributed by atoms with E-state index in [1.54, 1.807) is 6.92 Å². The summed E-state index contributed by atoms with van der Waals surface area (Å²) in [4.78, 5) is 0. The molecule has 1 aromatic carbocycles. The zero-order valence-corrected chi connectivity index (χ0v) is 10.5. The fourth-order valence-electron chi connectivity index (χ4n) is 1.52. The summed E-state index contributed by atoms with van der Waals surface area (Å²) in [6, 6.07) is 5.34. The van der Waals surface area contributed by atoms with Crippen molar-refractivity contribution in [2.75, 3.05) is 0 Å². The first-order chi connectivity index (χ1) is 8.90. The third-order valence-corrected chi connectivity index (χ3v) is 2.68. The van der Waals surface area contributed by atoms with Gasteiger partial charge >= 0.3 is 6.36 Å². The van der Waals surface area contributed by atoms with Crippen LogP contribution < -0.4 is 4.74 Å². The SMILES string of the molecule is Cc1c(CCl)nnn1-c1ccc(OC(F)(F)F)cc1. The molecule has 0 unspecified atom stereocenters. The Kier molecular flexibility index (Phi) is 3.66. The summed E-state index contributed by atoms with van der Waals surface area (Å²) in [5, 5.41) is 7.74. The van der Waals surface area contributed by atoms with Crippen molar-refractivity contribution in [2.24, 2.45) is 0 Å². The third-order valence-electron chi connectivity index (χ3n) is 2.43. The van der Waals surface area contributed by atoms with Crippen molar-refractivity contribution < 1.29 is 17.9 Å². The predicted molar refractivity (Wildman–Crippen MR) is 62.3 cm³/mol. The van der Waals surface area contributed by atoms with E-state index >= 15 is 0 Å². The van der Waals surface area contributed by atoms with E-state index < -0.39 is 6.36 Å². The van der Waals surface area contributed by atoms with Gasteiger partial charge in [-0.15, -0.1) is 29.9 Å². The zero-order valence-electron chi connectivity index (χ0n) is 9.78. The Morgan fingerprint density at radius 2 is 1.89 bits per heavy atom. The van der Waals surface area contributed by atoms with Crippen molar-refractivity contribution in [3.63, 3.8) is 0 Å². The van der Waals surface area contributed by atoms with E-state index in [1.165, 1.54) is 28.9 Å². The highest BCUT2D eigenvalue weighted by Crippen LogP contribution is 2.24. The molecule has 102 valence electrons. The van der Waals surface area contributed by atoms with Crippen molar-refractivity contribution in [1.29, 1.82) is 0 Å². The van der Waals surface area contributed by atoms with Crippen LogP contribution in [0.1, 0.15) is 11.4 Å². The van der Waals surface area contributed by atoms with Gasteiger partial charge in [0.2, 0.25) is 0 Å². The lowest BCUT2D eigenvalue weighted by molar-refractivity contribution is -0.274. The summed E-state index contributed by atoms with van der Waals surface area (Å²) in [6.45, 7) is 1.78. The van der Waals surface area contributed by atoms with E-state index in [1.807, 2.05) is 0 Å². The molecule has 2 rings (SSSR count). The number of hydrogen-bond acceptors (Lipinski definition) is 3. The van der Waals surface area contributed by atoms with E-state index in [0.717, 1.165) is 5.69 Å². The van der Waals surface area contributed by atoms with Crippen molar-refractivity contribution in [1.82, 2.24) is 15.0 Å². The van der Waals surface area contributed by atoms with Crippen LogP contribution in [0.5, 0.6) is 5.75 Å². The Morgan fingerprint density at radius 3 is 2.37 bits per heavy atom. The number of halogens is 4. The first kappa shape index (κ1) is 13.7. The molecule has 0 aliphatic carbocycles. The van der Waals surface area contributed by atoms with Crippen LogP contribution >= 0.6 is 11.6 Å². The largest absolute Gasteiger partial charge is 0.573 e. The van der Waals surface area contributed by atoms with Crippen molar-refractivity contribution in [2.45, 2.75) is 19.2 Å². The zero-order chi connectivity index (χ0) is 14.0. The molecule has 0 N–H and O–H groups in total. The highest BCUT2D eigenvalue weighted by atomic mass is 35.5. The minimum atomic E-state index is -4.70. The molecule has 1 aromatic heterocycles. The van der Waals surface area contributed by atoms with E-state index in [4.69, 9.17) is 11.6 Å². The van der Waals surface area contributed by atoms with Gasteiger partial charge < -0.3 is 4.74 Å². The summed E-state index contributed by atoms with van der Waals surface area (Å²) >= 11 is 5.67. The Morgan fingerprint density at radius 1 is 1.26 bits per heavy atom. The second-order valence-corrected chi connectivity index (χ2v) is 3.98. The summed E-state index contributed by atoms with van der Waals surface area (Å²) in [5.41, 5.74) is 1.94. The molecule has 0 aliphatic rings. The molecule has 0 fully saturated rings. The molecule has 19 heavy (non-hydrogen) atoms. The van der Waals surface area contributed by atoms with Gasteiger partial charge in [0.25, 0.3) is 0 Å². The van der Waals surface area contributed by atoms with Gasteiger partial charge in [0.1, 0.15) is 11.4 Å². The fourth-order valence-corrected chi connectivity index (χ4v) is 1.76. The van der Waals surface area contributed by atoms with Crippen LogP contribution in [0.3, 0.4) is 0 Å². The average molecular weight is 292 g/mol. The lowest BCUT2D eigenvalue weighted by Gasteiger charge is -2.09. The van der Waals surface area contributed by atoms with Crippen molar-refractivity contribution >= 4 is 11.6 Å². The second-order valence-electron chi connectivity index (χ2n) is 3.71. The summed E-state index contributed by atoms with van der Waals surface area (Å²) < 4.78 is 41.3. The Balaban J connectivity index is 2.25. The maximum absolute atomic E-state index is 12.0. The number of nitrogens with zero attached hydrogens (tertiary/aromatic N) is 3. The molecule has 0 radical (unpaired) electrons. The van der Waals surface area contributed by atoms with Crippen LogP contribution in [0.4, 0.5) is 13.2 Å². The molecular weight excluding hydrogens is 283 g/mol. The normalized spacial score (nSPS) is 11.6. The van der Waals surface area contributed by atoms with Crippen molar-refractivity contribution in [3.05, 3.63) is 35.7 Å². The maximum atomic E-state index is 12.0.